The van der Waals surface area contributed by atoms with Gasteiger partial charge in [-0.15, -0.1) is 0 Å². The fourth-order valence-corrected chi connectivity index (χ4v) is 1.65. The minimum Gasteiger partial charge on any atom is -0.491 e. The van der Waals surface area contributed by atoms with E-state index in [0.717, 1.165) is 5.75 Å². The van der Waals surface area contributed by atoms with Crippen LogP contribution in [0.5, 0.6) is 5.75 Å². The summed E-state index contributed by atoms with van der Waals surface area (Å²) in [5, 5.41) is 9.28. The number of aryl methyl sites for hydroxylation is 1. The van der Waals surface area contributed by atoms with Crippen molar-refractivity contribution in [2.75, 3.05) is 13.2 Å². The molecule has 0 saturated heterocycles. The third kappa shape index (κ3) is 3.51. The van der Waals surface area contributed by atoms with Crippen molar-refractivity contribution in [1.29, 1.82) is 0 Å². The lowest BCUT2D eigenvalue weighted by molar-refractivity contribution is 0.114. The molecule has 0 amide bonds. The third-order valence-electron chi connectivity index (χ3n) is 2.58. The average Bonchev–Trinajstić information content (AvgIpc) is 2.25. The molecule has 0 heterocycles. The van der Waals surface area contributed by atoms with Crippen LogP contribution in [0.3, 0.4) is 0 Å². The lowest BCUT2D eigenvalue weighted by Gasteiger charge is -2.14. The molecule has 0 aliphatic heterocycles. The van der Waals surface area contributed by atoms with Crippen LogP contribution in [0.2, 0.25) is 0 Å². The zero-order valence-corrected chi connectivity index (χ0v) is 10.2. The normalized spacial score (nSPS) is 12.9. The fourth-order valence-electron chi connectivity index (χ4n) is 1.65. The van der Waals surface area contributed by atoms with Crippen molar-refractivity contribution in [2.24, 2.45) is 5.73 Å². The average molecular weight is 223 g/mol. The Morgan fingerprint density at radius 1 is 1.38 bits per heavy atom. The largest absolute Gasteiger partial charge is 0.491 e. The third-order valence-corrected chi connectivity index (χ3v) is 2.58. The standard InChI is InChI=1S/C13H21NO2/c1-9(2)13-5-4-12(6-10(13)3)16-8-11(15)7-14/h4-6,9,11,15H,7-8,14H2,1-3H3/t11-/m0/s1. The summed E-state index contributed by atoms with van der Waals surface area (Å²) >= 11 is 0. The van der Waals surface area contributed by atoms with Gasteiger partial charge in [-0.3, -0.25) is 0 Å². The molecule has 0 aliphatic rings. The van der Waals surface area contributed by atoms with Crippen molar-refractivity contribution in [3.8, 4) is 5.75 Å². The lowest BCUT2D eigenvalue weighted by atomic mass is 9.98. The molecule has 1 rings (SSSR count). The summed E-state index contributed by atoms with van der Waals surface area (Å²) in [6.45, 7) is 6.88. The molecular weight excluding hydrogens is 202 g/mol. The Balaban J connectivity index is 2.66. The highest BCUT2D eigenvalue weighted by molar-refractivity contribution is 5.36. The van der Waals surface area contributed by atoms with E-state index in [2.05, 4.69) is 26.8 Å². The number of hydrogen-bond acceptors (Lipinski definition) is 3. The van der Waals surface area contributed by atoms with Gasteiger partial charge in [0.2, 0.25) is 0 Å². The molecule has 3 N–H and O–H groups in total. The monoisotopic (exact) mass is 223 g/mol. The maximum absolute atomic E-state index is 9.28. The predicted molar refractivity (Wildman–Crippen MR) is 65.8 cm³/mol. The smallest absolute Gasteiger partial charge is 0.119 e. The number of nitrogens with two attached hydrogens (primary N) is 1. The van der Waals surface area contributed by atoms with E-state index in [0.29, 0.717) is 5.92 Å². The van der Waals surface area contributed by atoms with Gasteiger partial charge in [0.15, 0.2) is 0 Å². The summed E-state index contributed by atoms with van der Waals surface area (Å²) in [5.41, 5.74) is 7.84. The highest BCUT2D eigenvalue weighted by Gasteiger charge is 2.06. The second-order valence-corrected chi connectivity index (χ2v) is 4.37. The SMILES string of the molecule is Cc1cc(OC[C@@H](O)CN)ccc1C(C)C. The first-order valence-corrected chi connectivity index (χ1v) is 5.66. The molecule has 0 fully saturated rings. The van der Waals surface area contributed by atoms with Gasteiger partial charge in [0.25, 0.3) is 0 Å². The highest BCUT2D eigenvalue weighted by atomic mass is 16.5. The second kappa shape index (κ2) is 5.87. The second-order valence-electron chi connectivity index (χ2n) is 4.37. The van der Waals surface area contributed by atoms with Crippen molar-refractivity contribution in [2.45, 2.75) is 32.8 Å². The van der Waals surface area contributed by atoms with Crippen LogP contribution in [-0.2, 0) is 0 Å². The molecule has 1 aromatic rings. The van der Waals surface area contributed by atoms with Gasteiger partial charge in [-0.1, -0.05) is 19.9 Å². The van der Waals surface area contributed by atoms with E-state index in [-0.39, 0.29) is 13.2 Å². The first kappa shape index (κ1) is 13.0. The van der Waals surface area contributed by atoms with Gasteiger partial charge in [-0.25, -0.2) is 0 Å². The Bertz CT molecular complexity index is 337. The van der Waals surface area contributed by atoms with Gasteiger partial charge in [-0.05, 0) is 36.1 Å². The maximum Gasteiger partial charge on any atom is 0.119 e. The van der Waals surface area contributed by atoms with E-state index in [1.54, 1.807) is 0 Å². The van der Waals surface area contributed by atoms with Gasteiger partial charge in [0.1, 0.15) is 18.5 Å². The first-order chi connectivity index (χ1) is 7.54. The van der Waals surface area contributed by atoms with Crippen molar-refractivity contribution in [1.82, 2.24) is 0 Å². The Morgan fingerprint density at radius 2 is 2.06 bits per heavy atom. The lowest BCUT2D eigenvalue weighted by Crippen LogP contribution is -2.26. The number of rotatable bonds is 5. The van der Waals surface area contributed by atoms with Crippen LogP contribution in [0, 0.1) is 6.92 Å². The predicted octanol–water partition coefficient (Wildman–Crippen LogP) is 1.82. The molecule has 0 spiro atoms. The first-order valence-electron chi connectivity index (χ1n) is 5.66. The molecule has 16 heavy (non-hydrogen) atoms. The Hall–Kier alpha value is -1.06. The molecule has 0 saturated carbocycles. The summed E-state index contributed by atoms with van der Waals surface area (Å²) in [6, 6.07) is 6.01. The number of ether oxygens (including phenoxy) is 1. The summed E-state index contributed by atoms with van der Waals surface area (Å²) < 4.78 is 5.44. The molecule has 1 atom stereocenters. The Morgan fingerprint density at radius 3 is 2.56 bits per heavy atom. The summed E-state index contributed by atoms with van der Waals surface area (Å²) in [5.74, 6) is 1.30. The van der Waals surface area contributed by atoms with Crippen LogP contribution in [-0.4, -0.2) is 24.4 Å². The zero-order chi connectivity index (χ0) is 12.1. The zero-order valence-electron chi connectivity index (χ0n) is 10.2. The highest BCUT2D eigenvalue weighted by Crippen LogP contribution is 2.23. The van der Waals surface area contributed by atoms with Gasteiger partial charge in [-0.2, -0.15) is 0 Å². The number of hydrogen-bond donors (Lipinski definition) is 2. The molecule has 0 unspecified atom stereocenters. The van der Waals surface area contributed by atoms with Crippen molar-refractivity contribution in [3.63, 3.8) is 0 Å². The summed E-state index contributed by atoms with van der Waals surface area (Å²) in [4.78, 5) is 0. The van der Waals surface area contributed by atoms with Crippen LogP contribution in [0.25, 0.3) is 0 Å². The molecular formula is C13H21NO2. The molecule has 3 heteroatoms. The fraction of sp³-hybridized carbons (Fsp3) is 0.538. The number of aliphatic hydroxyl groups is 1. The minimum atomic E-state index is -0.593. The van der Waals surface area contributed by atoms with Gasteiger partial charge in [0.05, 0.1) is 0 Å². The van der Waals surface area contributed by atoms with E-state index >= 15 is 0 Å². The number of aliphatic hydroxyl groups excluding tert-OH is 1. The van der Waals surface area contributed by atoms with Crippen molar-refractivity contribution in [3.05, 3.63) is 29.3 Å². The van der Waals surface area contributed by atoms with E-state index in [9.17, 15) is 5.11 Å². The maximum atomic E-state index is 9.28. The molecule has 1 aromatic carbocycles. The quantitative estimate of drug-likeness (QED) is 0.800. The van der Waals surface area contributed by atoms with Gasteiger partial charge in [0, 0.05) is 6.54 Å². The van der Waals surface area contributed by atoms with Gasteiger partial charge >= 0.3 is 0 Å². The van der Waals surface area contributed by atoms with E-state index < -0.39 is 6.10 Å². The Kier molecular flexibility index (Phi) is 4.77. The minimum absolute atomic E-state index is 0.225. The summed E-state index contributed by atoms with van der Waals surface area (Å²) in [7, 11) is 0. The van der Waals surface area contributed by atoms with Crippen LogP contribution in [0.15, 0.2) is 18.2 Å². The Labute approximate surface area is 97.2 Å². The molecule has 0 aromatic heterocycles. The van der Waals surface area contributed by atoms with Crippen LogP contribution in [0.4, 0.5) is 0 Å². The van der Waals surface area contributed by atoms with Crippen molar-refractivity contribution >= 4 is 0 Å². The topological polar surface area (TPSA) is 55.5 Å². The van der Waals surface area contributed by atoms with Crippen LogP contribution >= 0.6 is 0 Å². The molecule has 90 valence electrons. The van der Waals surface area contributed by atoms with Crippen LogP contribution in [0.1, 0.15) is 30.9 Å². The molecule has 0 radical (unpaired) electrons. The van der Waals surface area contributed by atoms with E-state index in [1.807, 2.05) is 12.1 Å². The van der Waals surface area contributed by atoms with E-state index in [1.165, 1.54) is 11.1 Å². The molecule has 3 nitrogen and oxygen atoms in total. The molecule has 0 aliphatic carbocycles. The van der Waals surface area contributed by atoms with Crippen LogP contribution < -0.4 is 10.5 Å². The van der Waals surface area contributed by atoms with Crippen molar-refractivity contribution < 1.29 is 9.84 Å². The van der Waals surface area contributed by atoms with Gasteiger partial charge < -0.3 is 15.6 Å². The van der Waals surface area contributed by atoms with E-state index in [4.69, 9.17) is 10.5 Å². The number of benzene rings is 1. The molecule has 0 bridgehead atoms. The summed E-state index contributed by atoms with van der Waals surface area (Å²) in [6.07, 6.45) is -0.593.